The summed E-state index contributed by atoms with van der Waals surface area (Å²) in [6, 6.07) is 1.89. The molecule has 0 radical (unpaired) electrons. The number of rotatable bonds is 0. The molecule has 0 bridgehead atoms. The number of hydrogen-bond donors (Lipinski definition) is 1. The van der Waals surface area contributed by atoms with Crippen LogP contribution in [-0.4, -0.2) is 11.3 Å². The van der Waals surface area contributed by atoms with Gasteiger partial charge >= 0.3 is 0 Å². The maximum Gasteiger partial charge on any atom is 0.195 e. The van der Waals surface area contributed by atoms with Gasteiger partial charge in [-0.15, -0.1) is 0 Å². The fourth-order valence-electron chi connectivity index (χ4n) is 1.07. The highest BCUT2D eigenvalue weighted by atomic mass is 19.1. The number of nitrogens with zero attached hydrogens (tertiary/aromatic N) is 1. The van der Waals surface area contributed by atoms with Crippen molar-refractivity contribution in [2.24, 2.45) is 4.99 Å². The molecule has 1 aliphatic rings. The van der Waals surface area contributed by atoms with Crippen LogP contribution in [0.15, 0.2) is 17.3 Å². The minimum Gasteiger partial charge on any atom is -0.346 e. The zero-order valence-electron chi connectivity index (χ0n) is 5.34. The second kappa shape index (κ2) is 1.94. The summed E-state index contributed by atoms with van der Waals surface area (Å²) in [6.45, 7) is 0. The van der Waals surface area contributed by atoms with Gasteiger partial charge in [-0.2, -0.15) is 0 Å². The maximum absolute atomic E-state index is 12.5. The first-order valence-electron chi connectivity index (χ1n) is 3.22. The Bertz CT molecular complexity index is 339. The Morgan fingerprint density at radius 2 is 2.60 bits per heavy atom. The standard InChI is InChI=1S/C7H7FN2/c8-6-2-1-5-3-4-9-7(5)10-6/h1,3-4,6H,2H2,(H,9,10). The SMILES string of the molecule is FC1CC=c2cc[nH]c2=N1. The van der Waals surface area contributed by atoms with Gasteiger partial charge in [0.15, 0.2) is 6.30 Å². The summed E-state index contributed by atoms with van der Waals surface area (Å²) in [7, 11) is 0. The zero-order valence-corrected chi connectivity index (χ0v) is 5.34. The highest BCUT2D eigenvalue weighted by Gasteiger charge is 2.04. The third kappa shape index (κ3) is 0.744. The number of halogens is 1. The molecule has 1 N–H and O–H groups in total. The molecule has 10 heavy (non-hydrogen) atoms. The van der Waals surface area contributed by atoms with Gasteiger partial charge in [-0.25, -0.2) is 9.38 Å². The molecule has 2 rings (SSSR count). The van der Waals surface area contributed by atoms with Crippen molar-refractivity contribution in [1.82, 2.24) is 4.98 Å². The minimum absolute atomic E-state index is 0.408. The Morgan fingerprint density at radius 1 is 1.70 bits per heavy atom. The summed E-state index contributed by atoms with van der Waals surface area (Å²) in [5.41, 5.74) is 0.666. The number of alkyl halides is 1. The summed E-state index contributed by atoms with van der Waals surface area (Å²) in [5.74, 6) is 0. The molecule has 3 heteroatoms. The van der Waals surface area contributed by atoms with Crippen molar-refractivity contribution >= 4 is 6.08 Å². The smallest absolute Gasteiger partial charge is 0.195 e. The Hall–Kier alpha value is -1.12. The van der Waals surface area contributed by atoms with E-state index in [9.17, 15) is 4.39 Å². The fraction of sp³-hybridized carbons (Fsp3) is 0.286. The number of nitrogens with one attached hydrogen (secondary N) is 1. The molecular weight excluding hydrogens is 131 g/mol. The molecule has 1 atom stereocenters. The van der Waals surface area contributed by atoms with Crippen molar-refractivity contribution in [1.29, 1.82) is 0 Å². The summed E-state index contributed by atoms with van der Waals surface area (Å²) in [5, 5.41) is 1.01. The molecule has 0 aliphatic carbocycles. The molecular formula is C7H7FN2. The van der Waals surface area contributed by atoms with Crippen molar-refractivity contribution in [2.45, 2.75) is 12.7 Å². The maximum atomic E-state index is 12.5. The first-order valence-corrected chi connectivity index (χ1v) is 3.22. The van der Waals surface area contributed by atoms with E-state index < -0.39 is 6.30 Å². The highest BCUT2D eigenvalue weighted by molar-refractivity contribution is 5.23. The van der Waals surface area contributed by atoms with Crippen molar-refractivity contribution in [3.63, 3.8) is 0 Å². The third-order valence-electron chi connectivity index (χ3n) is 1.56. The predicted molar refractivity (Wildman–Crippen MR) is 35.6 cm³/mol. The highest BCUT2D eigenvalue weighted by Crippen LogP contribution is 2.00. The molecule has 0 aromatic carbocycles. The number of aromatic nitrogens is 1. The van der Waals surface area contributed by atoms with E-state index in [-0.39, 0.29) is 0 Å². The van der Waals surface area contributed by atoms with Crippen LogP contribution in [0.5, 0.6) is 0 Å². The van der Waals surface area contributed by atoms with Crippen LogP contribution in [0.4, 0.5) is 4.39 Å². The van der Waals surface area contributed by atoms with Crippen LogP contribution in [0.2, 0.25) is 0 Å². The van der Waals surface area contributed by atoms with Gasteiger partial charge in [-0.05, 0) is 6.07 Å². The second-order valence-corrected chi connectivity index (χ2v) is 2.29. The Labute approximate surface area is 57.1 Å². The molecule has 0 saturated heterocycles. The van der Waals surface area contributed by atoms with Gasteiger partial charge in [-0.1, -0.05) is 6.08 Å². The molecule has 1 unspecified atom stereocenters. The molecule has 1 aliphatic heterocycles. The van der Waals surface area contributed by atoms with Crippen LogP contribution in [0.3, 0.4) is 0 Å². The van der Waals surface area contributed by atoms with Gasteiger partial charge in [0.2, 0.25) is 0 Å². The van der Waals surface area contributed by atoms with Gasteiger partial charge in [0, 0.05) is 17.8 Å². The third-order valence-corrected chi connectivity index (χ3v) is 1.56. The van der Waals surface area contributed by atoms with Crippen LogP contribution in [0.25, 0.3) is 6.08 Å². The first-order chi connectivity index (χ1) is 4.86. The van der Waals surface area contributed by atoms with Crippen LogP contribution >= 0.6 is 0 Å². The number of hydrogen-bond acceptors (Lipinski definition) is 1. The van der Waals surface area contributed by atoms with Gasteiger partial charge in [-0.3, -0.25) is 0 Å². The van der Waals surface area contributed by atoms with Gasteiger partial charge in [0.25, 0.3) is 0 Å². The molecule has 2 nitrogen and oxygen atoms in total. The summed E-state index contributed by atoms with van der Waals surface area (Å²) < 4.78 is 12.5. The molecule has 52 valence electrons. The topological polar surface area (TPSA) is 28.1 Å². The number of aromatic amines is 1. The van der Waals surface area contributed by atoms with Gasteiger partial charge in [0.05, 0.1) is 0 Å². The Morgan fingerprint density at radius 3 is 3.50 bits per heavy atom. The van der Waals surface area contributed by atoms with Crippen LogP contribution in [0.1, 0.15) is 6.42 Å². The zero-order chi connectivity index (χ0) is 6.97. The molecule has 0 spiro atoms. The van der Waals surface area contributed by atoms with E-state index in [2.05, 4.69) is 9.98 Å². The number of H-pyrrole nitrogens is 1. The van der Waals surface area contributed by atoms with E-state index in [1.165, 1.54) is 0 Å². The molecule has 1 aromatic rings. The van der Waals surface area contributed by atoms with E-state index in [1.807, 2.05) is 12.1 Å². The lowest BCUT2D eigenvalue weighted by molar-refractivity contribution is 0.344. The van der Waals surface area contributed by atoms with Gasteiger partial charge < -0.3 is 4.98 Å². The second-order valence-electron chi connectivity index (χ2n) is 2.29. The van der Waals surface area contributed by atoms with Crippen molar-refractivity contribution in [3.8, 4) is 0 Å². The monoisotopic (exact) mass is 138 g/mol. The first kappa shape index (κ1) is 5.65. The Kier molecular flexibility index (Phi) is 1.09. The molecule has 0 amide bonds. The van der Waals surface area contributed by atoms with Gasteiger partial charge in [0.1, 0.15) is 5.49 Å². The molecule has 1 aromatic heterocycles. The number of fused-ring (bicyclic) bond motifs is 1. The predicted octanol–water partition coefficient (Wildman–Crippen LogP) is 0.114. The average Bonchev–Trinajstić information content (AvgIpc) is 2.33. The molecule has 2 heterocycles. The van der Waals surface area contributed by atoms with E-state index in [0.29, 0.717) is 11.9 Å². The van der Waals surface area contributed by atoms with Crippen molar-refractivity contribution < 1.29 is 4.39 Å². The average molecular weight is 138 g/mol. The van der Waals surface area contributed by atoms with Crippen molar-refractivity contribution in [3.05, 3.63) is 23.0 Å². The lowest BCUT2D eigenvalue weighted by Gasteiger charge is -1.99. The van der Waals surface area contributed by atoms with Crippen LogP contribution in [-0.2, 0) is 0 Å². The lowest BCUT2D eigenvalue weighted by atomic mass is 10.3. The normalized spacial score (nSPS) is 22.7. The van der Waals surface area contributed by atoms with E-state index in [1.54, 1.807) is 6.20 Å². The lowest BCUT2D eigenvalue weighted by Crippen LogP contribution is -2.28. The van der Waals surface area contributed by atoms with E-state index in [0.717, 1.165) is 5.22 Å². The van der Waals surface area contributed by atoms with Crippen molar-refractivity contribution in [2.75, 3.05) is 0 Å². The molecule has 0 saturated carbocycles. The van der Waals surface area contributed by atoms with E-state index >= 15 is 0 Å². The Balaban J connectivity index is 2.73. The van der Waals surface area contributed by atoms with E-state index in [4.69, 9.17) is 0 Å². The van der Waals surface area contributed by atoms with Crippen LogP contribution in [0, 0.1) is 0 Å². The minimum atomic E-state index is -1.05. The summed E-state index contributed by atoms with van der Waals surface area (Å²) in [4.78, 5) is 6.60. The largest absolute Gasteiger partial charge is 0.346 e. The fourth-order valence-corrected chi connectivity index (χ4v) is 1.07. The summed E-state index contributed by atoms with van der Waals surface area (Å²) >= 11 is 0. The quantitative estimate of drug-likeness (QED) is 0.493. The summed E-state index contributed by atoms with van der Waals surface area (Å²) in [6.07, 6.45) is 2.97. The van der Waals surface area contributed by atoms with Crippen LogP contribution < -0.4 is 10.7 Å². The molecule has 0 fully saturated rings.